The second-order valence-electron chi connectivity index (χ2n) is 4.98. The molecule has 0 aliphatic rings. The highest BCUT2D eigenvalue weighted by Gasteiger charge is 2.13. The van der Waals surface area contributed by atoms with Crippen LogP contribution in [0.3, 0.4) is 0 Å². The average molecular weight is 250 g/mol. The summed E-state index contributed by atoms with van der Waals surface area (Å²) >= 11 is 0. The SMILES string of the molecule is COc1ccccc1C=NNC(=O)C[N+](C)(C)C. The molecule has 98 valence electrons. The van der Waals surface area contributed by atoms with Crippen LogP contribution in [-0.4, -0.2) is 51.4 Å². The Hall–Kier alpha value is -1.88. The maximum Gasteiger partial charge on any atom is 0.295 e. The molecule has 0 spiro atoms. The number of amides is 1. The summed E-state index contributed by atoms with van der Waals surface area (Å²) in [5.74, 6) is 0.607. The molecular weight excluding hydrogens is 230 g/mol. The average Bonchev–Trinajstić information content (AvgIpc) is 2.27. The highest BCUT2D eigenvalue weighted by Crippen LogP contribution is 2.14. The lowest BCUT2D eigenvalue weighted by molar-refractivity contribution is -0.862. The summed E-state index contributed by atoms with van der Waals surface area (Å²) < 4.78 is 5.74. The van der Waals surface area contributed by atoms with Crippen LogP contribution in [-0.2, 0) is 4.79 Å². The minimum Gasteiger partial charge on any atom is -0.496 e. The largest absolute Gasteiger partial charge is 0.496 e. The molecule has 0 aliphatic heterocycles. The number of rotatable bonds is 5. The molecule has 0 aliphatic carbocycles. The molecule has 0 bridgehead atoms. The van der Waals surface area contributed by atoms with Gasteiger partial charge in [0, 0.05) is 5.56 Å². The van der Waals surface area contributed by atoms with Crippen molar-refractivity contribution in [2.24, 2.45) is 5.10 Å². The second-order valence-corrected chi connectivity index (χ2v) is 4.98. The number of nitrogens with one attached hydrogen (secondary N) is 1. The number of nitrogens with zero attached hydrogens (tertiary/aromatic N) is 2. The van der Waals surface area contributed by atoms with Gasteiger partial charge in [0.2, 0.25) is 0 Å². The first-order chi connectivity index (χ1) is 8.42. The molecule has 1 amide bonds. The van der Waals surface area contributed by atoms with Crippen molar-refractivity contribution < 1.29 is 14.0 Å². The number of hydrazone groups is 1. The van der Waals surface area contributed by atoms with Gasteiger partial charge in [-0.15, -0.1) is 0 Å². The number of likely N-dealkylation sites (N-methyl/N-ethyl adjacent to an activating group) is 1. The van der Waals surface area contributed by atoms with Gasteiger partial charge in [0.25, 0.3) is 5.91 Å². The van der Waals surface area contributed by atoms with Crippen LogP contribution in [0.1, 0.15) is 5.56 Å². The summed E-state index contributed by atoms with van der Waals surface area (Å²) in [6.07, 6.45) is 1.58. The van der Waals surface area contributed by atoms with E-state index in [4.69, 9.17) is 4.74 Å². The lowest BCUT2D eigenvalue weighted by Crippen LogP contribution is -2.43. The maximum atomic E-state index is 11.5. The van der Waals surface area contributed by atoms with Gasteiger partial charge in [-0.2, -0.15) is 5.10 Å². The lowest BCUT2D eigenvalue weighted by atomic mass is 10.2. The molecule has 1 aromatic rings. The van der Waals surface area contributed by atoms with Crippen molar-refractivity contribution in [1.82, 2.24) is 5.43 Å². The lowest BCUT2D eigenvalue weighted by Gasteiger charge is -2.21. The number of hydrogen-bond acceptors (Lipinski definition) is 3. The Balaban J connectivity index is 2.57. The Labute approximate surface area is 108 Å². The first-order valence-electron chi connectivity index (χ1n) is 5.68. The molecule has 0 atom stereocenters. The summed E-state index contributed by atoms with van der Waals surface area (Å²) in [5.41, 5.74) is 3.32. The van der Waals surface area contributed by atoms with Gasteiger partial charge in [-0.25, -0.2) is 5.43 Å². The molecule has 0 saturated carbocycles. The number of quaternary nitrogens is 1. The van der Waals surface area contributed by atoms with Gasteiger partial charge in [-0.1, -0.05) is 12.1 Å². The molecular formula is C13H20N3O2+. The highest BCUT2D eigenvalue weighted by molar-refractivity contribution is 5.85. The molecule has 0 saturated heterocycles. The molecule has 0 fully saturated rings. The Morgan fingerprint density at radius 1 is 1.39 bits per heavy atom. The zero-order chi connectivity index (χ0) is 13.6. The predicted octanol–water partition coefficient (Wildman–Crippen LogP) is 0.851. The smallest absolute Gasteiger partial charge is 0.295 e. The molecule has 0 unspecified atom stereocenters. The summed E-state index contributed by atoms with van der Waals surface area (Å²) in [4.78, 5) is 11.5. The van der Waals surface area contributed by atoms with Crippen LogP contribution in [0.2, 0.25) is 0 Å². The second kappa shape index (κ2) is 6.16. The zero-order valence-electron chi connectivity index (χ0n) is 11.3. The predicted molar refractivity (Wildman–Crippen MR) is 71.6 cm³/mol. The molecule has 5 nitrogen and oxygen atoms in total. The van der Waals surface area contributed by atoms with Crippen LogP contribution in [0.25, 0.3) is 0 Å². The summed E-state index contributed by atoms with van der Waals surface area (Å²) in [6.45, 7) is 0.378. The Bertz CT molecular complexity index is 436. The fourth-order valence-corrected chi connectivity index (χ4v) is 1.41. The van der Waals surface area contributed by atoms with Crippen molar-refractivity contribution in [3.05, 3.63) is 29.8 Å². The number of benzene rings is 1. The van der Waals surface area contributed by atoms with E-state index < -0.39 is 0 Å². The van der Waals surface area contributed by atoms with E-state index in [0.717, 1.165) is 11.3 Å². The van der Waals surface area contributed by atoms with Crippen molar-refractivity contribution in [1.29, 1.82) is 0 Å². The van der Waals surface area contributed by atoms with Crippen molar-refractivity contribution in [3.63, 3.8) is 0 Å². The first kappa shape index (κ1) is 14.2. The molecule has 1 N–H and O–H groups in total. The molecule has 5 heteroatoms. The zero-order valence-corrected chi connectivity index (χ0v) is 11.3. The Morgan fingerprint density at radius 3 is 2.67 bits per heavy atom. The van der Waals surface area contributed by atoms with Crippen LogP contribution < -0.4 is 10.2 Å². The third-order valence-corrected chi connectivity index (χ3v) is 2.15. The van der Waals surface area contributed by atoms with E-state index in [9.17, 15) is 4.79 Å². The van der Waals surface area contributed by atoms with E-state index in [2.05, 4.69) is 10.5 Å². The van der Waals surface area contributed by atoms with Crippen LogP contribution in [0.5, 0.6) is 5.75 Å². The number of carbonyl (C=O) groups is 1. The number of carbonyl (C=O) groups excluding carboxylic acids is 1. The third-order valence-electron chi connectivity index (χ3n) is 2.15. The van der Waals surface area contributed by atoms with Crippen LogP contribution >= 0.6 is 0 Å². The van der Waals surface area contributed by atoms with E-state index in [-0.39, 0.29) is 5.91 Å². The van der Waals surface area contributed by atoms with Crippen molar-refractivity contribution >= 4 is 12.1 Å². The topological polar surface area (TPSA) is 50.7 Å². The molecule has 0 aromatic heterocycles. The van der Waals surface area contributed by atoms with E-state index in [1.165, 1.54) is 0 Å². The number of ether oxygens (including phenoxy) is 1. The van der Waals surface area contributed by atoms with Gasteiger partial charge in [-0.3, -0.25) is 4.79 Å². The van der Waals surface area contributed by atoms with Gasteiger partial charge in [-0.05, 0) is 12.1 Å². The number of hydrogen-bond donors (Lipinski definition) is 1. The fourth-order valence-electron chi connectivity index (χ4n) is 1.41. The normalized spacial score (nSPS) is 11.6. The number of para-hydroxylation sites is 1. The molecule has 1 aromatic carbocycles. The van der Waals surface area contributed by atoms with Gasteiger partial charge >= 0.3 is 0 Å². The maximum absolute atomic E-state index is 11.5. The van der Waals surface area contributed by atoms with Gasteiger partial charge in [0.15, 0.2) is 6.54 Å². The Kier molecular flexibility index (Phi) is 4.85. The molecule has 0 heterocycles. The minimum atomic E-state index is -0.117. The monoisotopic (exact) mass is 250 g/mol. The van der Waals surface area contributed by atoms with Crippen LogP contribution in [0.4, 0.5) is 0 Å². The van der Waals surface area contributed by atoms with Crippen LogP contribution in [0, 0.1) is 0 Å². The first-order valence-corrected chi connectivity index (χ1v) is 5.68. The van der Waals surface area contributed by atoms with Gasteiger partial charge < -0.3 is 9.22 Å². The van der Waals surface area contributed by atoms with E-state index >= 15 is 0 Å². The van der Waals surface area contributed by atoms with E-state index in [0.29, 0.717) is 11.0 Å². The molecule has 1 rings (SSSR count). The highest BCUT2D eigenvalue weighted by atomic mass is 16.5. The van der Waals surface area contributed by atoms with Crippen molar-refractivity contribution in [3.8, 4) is 5.75 Å². The van der Waals surface area contributed by atoms with Gasteiger partial charge in [0.05, 0.1) is 34.5 Å². The summed E-state index contributed by atoms with van der Waals surface area (Å²) in [7, 11) is 7.44. The van der Waals surface area contributed by atoms with Gasteiger partial charge in [0.1, 0.15) is 5.75 Å². The molecule has 0 radical (unpaired) electrons. The Morgan fingerprint density at radius 2 is 2.06 bits per heavy atom. The fraction of sp³-hybridized carbons (Fsp3) is 0.385. The number of methoxy groups -OCH3 is 1. The summed E-state index contributed by atoms with van der Waals surface area (Å²) in [5, 5.41) is 3.92. The van der Waals surface area contributed by atoms with E-state index in [1.54, 1.807) is 13.3 Å². The standard InChI is InChI=1S/C13H19N3O2/c1-16(2,3)10-13(17)15-14-9-11-7-5-6-8-12(11)18-4/h5-9H,10H2,1-4H3/p+1. The van der Waals surface area contributed by atoms with Crippen molar-refractivity contribution in [2.45, 2.75) is 0 Å². The van der Waals surface area contributed by atoms with Crippen LogP contribution in [0.15, 0.2) is 29.4 Å². The third kappa shape index (κ3) is 4.97. The molecule has 18 heavy (non-hydrogen) atoms. The van der Waals surface area contributed by atoms with Crippen molar-refractivity contribution in [2.75, 3.05) is 34.8 Å². The van der Waals surface area contributed by atoms with E-state index in [1.807, 2.05) is 45.4 Å². The quantitative estimate of drug-likeness (QED) is 0.478. The summed E-state index contributed by atoms with van der Waals surface area (Å²) in [6, 6.07) is 7.48. The minimum absolute atomic E-state index is 0.117.